The number of aliphatic imine (C=N–C) groups is 1. The second kappa shape index (κ2) is 5.83. The van der Waals surface area contributed by atoms with E-state index in [1.54, 1.807) is 23.7 Å². The van der Waals surface area contributed by atoms with Crippen molar-refractivity contribution in [2.45, 2.75) is 31.7 Å². The van der Waals surface area contributed by atoms with E-state index in [9.17, 15) is 9.59 Å². The Bertz CT molecular complexity index is 857. The van der Waals surface area contributed by atoms with E-state index in [0.29, 0.717) is 0 Å². The zero-order valence-electron chi connectivity index (χ0n) is 12.9. The van der Waals surface area contributed by atoms with Crippen LogP contribution in [-0.4, -0.2) is 28.6 Å². The molecule has 7 heteroatoms. The zero-order valence-corrected chi connectivity index (χ0v) is 13.7. The van der Waals surface area contributed by atoms with Gasteiger partial charge >= 0.3 is 0 Å². The Balaban J connectivity index is 1.91. The number of fused-ring (bicyclic) bond motifs is 3. The Morgan fingerprint density at radius 1 is 1.33 bits per heavy atom. The van der Waals surface area contributed by atoms with Crippen molar-refractivity contribution < 1.29 is 9.59 Å². The first-order valence-electron chi connectivity index (χ1n) is 7.85. The first-order chi connectivity index (χ1) is 11.6. The maximum absolute atomic E-state index is 12.5. The van der Waals surface area contributed by atoms with Crippen molar-refractivity contribution in [2.75, 3.05) is 5.32 Å². The third-order valence-corrected chi connectivity index (χ3v) is 5.54. The van der Waals surface area contributed by atoms with Crippen LogP contribution in [0, 0.1) is 0 Å². The molecule has 0 saturated heterocycles. The number of aromatic nitrogens is 1. The Hall–Kier alpha value is -2.54. The summed E-state index contributed by atoms with van der Waals surface area (Å²) in [4.78, 5) is 33.8. The SMILES string of the molecule is NC(=O)C[C@@H]1N=C(c2ccncc2)c2c(sc3c2CCC3)NC1=O. The van der Waals surface area contributed by atoms with Crippen molar-refractivity contribution in [3.63, 3.8) is 0 Å². The predicted octanol–water partition coefficient (Wildman–Crippen LogP) is 1.67. The van der Waals surface area contributed by atoms with Gasteiger partial charge in [-0.25, -0.2) is 0 Å². The molecule has 0 spiro atoms. The number of carbonyl (C=O) groups is 2. The number of pyridine rings is 1. The number of nitrogens with one attached hydrogen (secondary N) is 1. The molecule has 2 aromatic heterocycles. The summed E-state index contributed by atoms with van der Waals surface area (Å²) >= 11 is 1.62. The third kappa shape index (κ3) is 2.50. The van der Waals surface area contributed by atoms with E-state index in [0.717, 1.165) is 41.1 Å². The lowest BCUT2D eigenvalue weighted by molar-refractivity contribution is -0.123. The molecule has 24 heavy (non-hydrogen) atoms. The van der Waals surface area contributed by atoms with Crippen LogP contribution in [0.1, 0.15) is 34.4 Å². The van der Waals surface area contributed by atoms with Gasteiger partial charge in [0.05, 0.1) is 12.1 Å². The minimum atomic E-state index is -0.803. The van der Waals surface area contributed by atoms with Crippen LogP contribution in [0.3, 0.4) is 0 Å². The van der Waals surface area contributed by atoms with Crippen LogP contribution < -0.4 is 11.1 Å². The molecule has 2 aliphatic rings. The highest BCUT2D eigenvalue weighted by molar-refractivity contribution is 7.17. The lowest BCUT2D eigenvalue weighted by Crippen LogP contribution is -2.30. The fourth-order valence-corrected chi connectivity index (χ4v) is 4.57. The summed E-state index contributed by atoms with van der Waals surface area (Å²) in [5, 5.41) is 3.77. The van der Waals surface area contributed by atoms with Gasteiger partial charge in [0.2, 0.25) is 11.8 Å². The quantitative estimate of drug-likeness (QED) is 0.889. The smallest absolute Gasteiger partial charge is 0.250 e. The number of rotatable bonds is 3. The molecular weight excluding hydrogens is 324 g/mol. The minimum Gasteiger partial charge on any atom is -0.370 e. The predicted molar refractivity (Wildman–Crippen MR) is 92.4 cm³/mol. The highest BCUT2D eigenvalue weighted by atomic mass is 32.1. The van der Waals surface area contributed by atoms with Gasteiger partial charge in [0.1, 0.15) is 11.0 Å². The Labute approximate surface area is 142 Å². The molecule has 6 nitrogen and oxygen atoms in total. The fourth-order valence-electron chi connectivity index (χ4n) is 3.27. The molecule has 4 rings (SSSR count). The lowest BCUT2D eigenvalue weighted by atomic mass is 10.00. The standard InChI is InChI=1S/C17H16N4O2S/c18-13(22)8-11-16(23)21-17-14(10-2-1-3-12(10)24-17)15(20-11)9-4-6-19-7-5-9/h4-7,11H,1-3,8H2,(H2,18,22)(H,21,23)/t11-/m0/s1. The Morgan fingerprint density at radius 2 is 2.12 bits per heavy atom. The molecule has 0 bridgehead atoms. The number of hydrogen-bond acceptors (Lipinski definition) is 5. The molecule has 0 saturated carbocycles. The van der Waals surface area contributed by atoms with Crippen LogP contribution >= 0.6 is 11.3 Å². The molecule has 0 aromatic carbocycles. The van der Waals surface area contributed by atoms with E-state index in [1.807, 2.05) is 12.1 Å². The molecule has 2 amide bonds. The van der Waals surface area contributed by atoms with Gasteiger partial charge in [0.25, 0.3) is 0 Å². The molecule has 1 atom stereocenters. The number of primary amides is 1. The first kappa shape index (κ1) is 15.0. The maximum Gasteiger partial charge on any atom is 0.250 e. The number of aryl methyl sites for hydroxylation is 1. The Kier molecular flexibility index (Phi) is 3.65. The van der Waals surface area contributed by atoms with Crippen LogP contribution in [-0.2, 0) is 22.4 Å². The second-order valence-corrected chi connectivity index (χ2v) is 7.06. The van der Waals surface area contributed by atoms with Crippen LogP contribution in [0.25, 0.3) is 0 Å². The maximum atomic E-state index is 12.5. The number of anilines is 1. The van der Waals surface area contributed by atoms with E-state index < -0.39 is 11.9 Å². The van der Waals surface area contributed by atoms with Crippen LogP contribution in [0.4, 0.5) is 5.00 Å². The number of carbonyl (C=O) groups excluding carboxylic acids is 2. The van der Waals surface area contributed by atoms with Crippen molar-refractivity contribution in [3.8, 4) is 0 Å². The van der Waals surface area contributed by atoms with E-state index in [4.69, 9.17) is 5.73 Å². The topological polar surface area (TPSA) is 97.4 Å². The first-order valence-corrected chi connectivity index (χ1v) is 8.67. The average Bonchev–Trinajstić information content (AvgIpc) is 3.10. The number of thiophene rings is 1. The molecule has 1 aliphatic heterocycles. The van der Waals surface area contributed by atoms with Crippen molar-refractivity contribution >= 4 is 33.9 Å². The van der Waals surface area contributed by atoms with E-state index in [-0.39, 0.29) is 12.3 Å². The molecule has 3 N–H and O–H groups in total. The Morgan fingerprint density at radius 3 is 2.88 bits per heavy atom. The average molecular weight is 340 g/mol. The van der Waals surface area contributed by atoms with Gasteiger partial charge in [-0.1, -0.05) is 0 Å². The van der Waals surface area contributed by atoms with Gasteiger partial charge in [-0.15, -0.1) is 11.3 Å². The lowest BCUT2D eigenvalue weighted by Gasteiger charge is -2.10. The number of amides is 2. The molecule has 122 valence electrons. The molecule has 2 aromatic rings. The summed E-state index contributed by atoms with van der Waals surface area (Å²) in [6.45, 7) is 0. The summed E-state index contributed by atoms with van der Waals surface area (Å²) in [6.07, 6.45) is 6.45. The van der Waals surface area contributed by atoms with Crippen molar-refractivity contribution in [3.05, 3.63) is 46.1 Å². The molecule has 0 fully saturated rings. The van der Waals surface area contributed by atoms with E-state index >= 15 is 0 Å². The van der Waals surface area contributed by atoms with Gasteiger partial charge < -0.3 is 11.1 Å². The van der Waals surface area contributed by atoms with Gasteiger partial charge in [0, 0.05) is 28.4 Å². The highest BCUT2D eigenvalue weighted by Crippen LogP contribution is 2.41. The number of nitrogens with two attached hydrogens (primary N) is 1. The van der Waals surface area contributed by atoms with Gasteiger partial charge in [-0.2, -0.15) is 0 Å². The van der Waals surface area contributed by atoms with Crippen molar-refractivity contribution in [1.82, 2.24) is 4.98 Å². The molecule has 3 heterocycles. The van der Waals surface area contributed by atoms with Gasteiger partial charge in [-0.3, -0.25) is 19.6 Å². The van der Waals surface area contributed by atoms with Gasteiger partial charge in [0.15, 0.2) is 0 Å². The molecule has 1 aliphatic carbocycles. The molecule has 0 unspecified atom stereocenters. The summed E-state index contributed by atoms with van der Waals surface area (Å²) in [5.41, 5.74) is 9.20. The summed E-state index contributed by atoms with van der Waals surface area (Å²) in [7, 11) is 0. The van der Waals surface area contributed by atoms with Crippen molar-refractivity contribution in [2.24, 2.45) is 10.7 Å². The summed E-state index contributed by atoms with van der Waals surface area (Å²) in [6, 6.07) is 2.94. The van der Waals surface area contributed by atoms with E-state index in [1.165, 1.54) is 10.4 Å². The van der Waals surface area contributed by atoms with Crippen LogP contribution in [0.5, 0.6) is 0 Å². The molecular formula is C17H16N4O2S. The zero-order chi connectivity index (χ0) is 16.7. The number of hydrogen-bond donors (Lipinski definition) is 2. The van der Waals surface area contributed by atoms with Gasteiger partial charge in [-0.05, 0) is 37.0 Å². The van der Waals surface area contributed by atoms with Crippen LogP contribution in [0.15, 0.2) is 29.5 Å². The van der Waals surface area contributed by atoms with Crippen LogP contribution in [0.2, 0.25) is 0 Å². The molecule has 0 radical (unpaired) electrons. The summed E-state index contributed by atoms with van der Waals surface area (Å²) < 4.78 is 0. The highest BCUT2D eigenvalue weighted by Gasteiger charge is 2.32. The largest absolute Gasteiger partial charge is 0.370 e. The summed E-state index contributed by atoms with van der Waals surface area (Å²) in [5.74, 6) is -0.817. The van der Waals surface area contributed by atoms with Crippen molar-refractivity contribution in [1.29, 1.82) is 0 Å². The monoisotopic (exact) mass is 340 g/mol. The third-order valence-electron chi connectivity index (χ3n) is 4.33. The fraction of sp³-hybridized carbons (Fsp3) is 0.294. The number of nitrogens with zero attached hydrogens (tertiary/aromatic N) is 2. The normalized spacial score (nSPS) is 19.1. The van der Waals surface area contributed by atoms with E-state index in [2.05, 4.69) is 15.3 Å². The second-order valence-electron chi connectivity index (χ2n) is 5.95. The minimum absolute atomic E-state index is 0.0997.